The van der Waals surface area contributed by atoms with Gasteiger partial charge in [-0.25, -0.2) is 0 Å². The average molecular weight is 298 g/mol. The van der Waals surface area contributed by atoms with Crippen LogP contribution in [0.1, 0.15) is 16.8 Å². The Labute approximate surface area is 129 Å². The molecule has 4 heteroatoms. The molecule has 0 aliphatic carbocycles. The van der Waals surface area contributed by atoms with Gasteiger partial charge in [0.1, 0.15) is 0 Å². The first-order chi connectivity index (χ1) is 10.2. The minimum atomic E-state index is 0.740. The van der Waals surface area contributed by atoms with Crippen LogP contribution in [0.25, 0.3) is 10.9 Å². The molecule has 0 bridgehead atoms. The number of rotatable bonds is 4. The van der Waals surface area contributed by atoms with Gasteiger partial charge in [-0.2, -0.15) is 0 Å². The highest BCUT2D eigenvalue weighted by Gasteiger charge is 2.05. The van der Waals surface area contributed by atoms with Crippen molar-refractivity contribution in [3.05, 3.63) is 70.6 Å². The van der Waals surface area contributed by atoms with Gasteiger partial charge in [-0.1, -0.05) is 23.7 Å². The summed E-state index contributed by atoms with van der Waals surface area (Å²) in [6.45, 7) is 3.52. The van der Waals surface area contributed by atoms with Crippen LogP contribution in [0.3, 0.4) is 0 Å². The van der Waals surface area contributed by atoms with Crippen LogP contribution in [0.5, 0.6) is 0 Å². The quantitative estimate of drug-likeness (QED) is 0.794. The molecular formula is C17H16ClN3. The summed E-state index contributed by atoms with van der Waals surface area (Å²) in [5.41, 5.74) is 4.31. The third kappa shape index (κ3) is 3.20. The summed E-state index contributed by atoms with van der Waals surface area (Å²) in [5.74, 6) is 0. The zero-order chi connectivity index (χ0) is 14.7. The number of halogens is 1. The van der Waals surface area contributed by atoms with Gasteiger partial charge >= 0.3 is 0 Å². The third-order valence-electron chi connectivity index (χ3n) is 3.42. The average Bonchev–Trinajstić information content (AvgIpc) is 2.52. The van der Waals surface area contributed by atoms with Crippen molar-refractivity contribution in [3.8, 4) is 0 Å². The Morgan fingerprint density at radius 3 is 2.76 bits per heavy atom. The van der Waals surface area contributed by atoms with Gasteiger partial charge < -0.3 is 5.32 Å². The number of aromatic nitrogens is 2. The number of hydrogen-bond acceptors (Lipinski definition) is 3. The molecule has 0 aliphatic heterocycles. The van der Waals surface area contributed by atoms with E-state index in [-0.39, 0.29) is 0 Å². The van der Waals surface area contributed by atoms with Crippen LogP contribution >= 0.6 is 11.6 Å². The topological polar surface area (TPSA) is 37.8 Å². The highest BCUT2D eigenvalue weighted by atomic mass is 35.5. The zero-order valence-corrected chi connectivity index (χ0v) is 12.6. The molecule has 0 radical (unpaired) electrons. The van der Waals surface area contributed by atoms with Crippen LogP contribution in [-0.2, 0) is 13.1 Å². The molecule has 0 fully saturated rings. The van der Waals surface area contributed by atoms with Gasteiger partial charge in [0.15, 0.2) is 0 Å². The zero-order valence-electron chi connectivity index (χ0n) is 11.8. The Hall–Kier alpha value is -1.97. The van der Waals surface area contributed by atoms with Gasteiger partial charge in [0.25, 0.3) is 0 Å². The SMILES string of the molecule is Cc1ccc(CNCc2ccc(Cl)c3cccnc23)cn1. The van der Waals surface area contributed by atoms with Gasteiger partial charge in [-0.15, -0.1) is 0 Å². The van der Waals surface area contributed by atoms with Gasteiger partial charge in [0.2, 0.25) is 0 Å². The maximum absolute atomic E-state index is 6.21. The summed E-state index contributed by atoms with van der Waals surface area (Å²) in [6.07, 6.45) is 3.70. The first-order valence-corrected chi connectivity index (χ1v) is 7.26. The van der Waals surface area contributed by atoms with E-state index < -0.39 is 0 Å². The monoisotopic (exact) mass is 297 g/mol. The van der Waals surface area contributed by atoms with E-state index in [0.29, 0.717) is 0 Å². The summed E-state index contributed by atoms with van der Waals surface area (Å²) >= 11 is 6.21. The largest absolute Gasteiger partial charge is 0.308 e. The lowest BCUT2D eigenvalue weighted by Gasteiger charge is -2.09. The predicted octanol–water partition coefficient (Wildman–Crippen LogP) is 3.88. The molecule has 3 aromatic rings. The van der Waals surface area contributed by atoms with E-state index in [1.54, 1.807) is 6.20 Å². The van der Waals surface area contributed by atoms with Crippen LogP contribution in [0.15, 0.2) is 48.8 Å². The van der Waals surface area contributed by atoms with Crippen LogP contribution < -0.4 is 5.32 Å². The molecule has 0 aliphatic rings. The molecule has 2 heterocycles. The van der Waals surface area contributed by atoms with Crippen molar-refractivity contribution in [2.24, 2.45) is 0 Å². The molecule has 0 saturated carbocycles. The molecule has 1 aromatic carbocycles. The molecule has 0 atom stereocenters. The Bertz CT molecular complexity index is 754. The second-order valence-electron chi connectivity index (χ2n) is 5.02. The Balaban J connectivity index is 1.74. The van der Waals surface area contributed by atoms with Gasteiger partial charge in [-0.05, 0) is 42.3 Å². The number of pyridine rings is 2. The second-order valence-corrected chi connectivity index (χ2v) is 5.42. The summed E-state index contributed by atoms with van der Waals surface area (Å²) < 4.78 is 0. The fraction of sp³-hybridized carbons (Fsp3) is 0.176. The number of hydrogen-bond donors (Lipinski definition) is 1. The van der Waals surface area contributed by atoms with E-state index in [1.165, 1.54) is 5.56 Å². The number of aryl methyl sites for hydroxylation is 1. The molecule has 106 valence electrons. The number of nitrogens with zero attached hydrogens (tertiary/aromatic N) is 2. The fourth-order valence-corrected chi connectivity index (χ4v) is 2.50. The smallest absolute Gasteiger partial charge is 0.0761 e. The first kappa shape index (κ1) is 14.0. The van der Waals surface area contributed by atoms with Crippen molar-refractivity contribution >= 4 is 22.5 Å². The van der Waals surface area contributed by atoms with E-state index in [9.17, 15) is 0 Å². The maximum Gasteiger partial charge on any atom is 0.0761 e. The molecule has 2 aromatic heterocycles. The Kier molecular flexibility index (Phi) is 4.13. The third-order valence-corrected chi connectivity index (χ3v) is 3.75. The van der Waals surface area contributed by atoms with E-state index in [1.807, 2.05) is 43.5 Å². The second kappa shape index (κ2) is 6.20. The van der Waals surface area contributed by atoms with Gasteiger partial charge in [0.05, 0.1) is 5.52 Å². The lowest BCUT2D eigenvalue weighted by molar-refractivity contribution is 0.693. The minimum absolute atomic E-state index is 0.740. The van der Waals surface area contributed by atoms with E-state index in [4.69, 9.17) is 11.6 Å². The predicted molar refractivity (Wildman–Crippen MR) is 86.3 cm³/mol. The highest BCUT2D eigenvalue weighted by Crippen LogP contribution is 2.24. The van der Waals surface area contributed by atoms with Crippen LogP contribution in [0, 0.1) is 6.92 Å². The van der Waals surface area contributed by atoms with E-state index in [2.05, 4.69) is 21.4 Å². The van der Waals surface area contributed by atoms with Crippen molar-refractivity contribution < 1.29 is 0 Å². The van der Waals surface area contributed by atoms with Crippen LogP contribution in [-0.4, -0.2) is 9.97 Å². The van der Waals surface area contributed by atoms with Crippen LogP contribution in [0.4, 0.5) is 0 Å². The molecule has 0 saturated heterocycles. The molecule has 1 N–H and O–H groups in total. The van der Waals surface area contributed by atoms with E-state index >= 15 is 0 Å². The molecule has 0 amide bonds. The Morgan fingerprint density at radius 2 is 1.95 bits per heavy atom. The number of benzene rings is 1. The van der Waals surface area contributed by atoms with Gasteiger partial charge in [-0.3, -0.25) is 9.97 Å². The fourth-order valence-electron chi connectivity index (χ4n) is 2.28. The summed E-state index contributed by atoms with van der Waals surface area (Å²) in [7, 11) is 0. The van der Waals surface area contributed by atoms with Crippen molar-refractivity contribution in [1.29, 1.82) is 0 Å². The van der Waals surface area contributed by atoms with Crippen molar-refractivity contribution in [1.82, 2.24) is 15.3 Å². The molecule has 3 rings (SSSR count). The van der Waals surface area contributed by atoms with Crippen LogP contribution in [0.2, 0.25) is 5.02 Å². The minimum Gasteiger partial charge on any atom is -0.308 e. The number of nitrogens with one attached hydrogen (secondary N) is 1. The highest BCUT2D eigenvalue weighted by molar-refractivity contribution is 6.35. The lowest BCUT2D eigenvalue weighted by atomic mass is 10.1. The van der Waals surface area contributed by atoms with Gasteiger partial charge in [0, 0.05) is 41.6 Å². The van der Waals surface area contributed by atoms with Crippen molar-refractivity contribution in [3.63, 3.8) is 0 Å². The summed E-state index contributed by atoms with van der Waals surface area (Å²) in [5, 5.41) is 5.16. The maximum atomic E-state index is 6.21. The first-order valence-electron chi connectivity index (χ1n) is 6.88. The summed E-state index contributed by atoms with van der Waals surface area (Å²) in [6, 6.07) is 12.0. The Morgan fingerprint density at radius 1 is 1.05 bits per heavy atom. The molecule has 3 nitrogen and oxygen atoms in total. The standard InChI is InChI=1S/C17H16ClN3/c1-12-4-5-13(10-21-12)9-19-11-14-6-7-16(18)15-3-2-8-20-17(14)15/h2-8,10,19H,9,11H2,1H3. The molecule has 0 spiro atoms. The number of fused-ring (bicyclic) bond motifs is 1. The molecule has 21 heavy (non-hydrogen) atoms. The molecule has 0 unspecified atom stereocenters. The molecular weight excluding hydrogens is 282 g/mol. The van der Waals surface area contributed by atoms with Crippen molar-refractivity contribution in [2.45, 2.75) is 20.0 Å². The summed E-state index contributed by atoms with van der Waals surface area (Å²) in [4.78, 5) is 8.74. The lowest BCUT2D eigenvalue weighted by Crippen LogP contribution is -2.13. The van der Waals surface area contributed by atoms with Crippen molar-refractivity contribution in [2.75, 3.05) is 0 Å². The normalized spacial score (nSPS) is 11.0. The van der Waals surface area contributed by atoms with E-state index in [0.717, 1.165) is 40.3 Å².